The van der Waals surface area contributed by atoms with Crippen LogP contribution in [-0.4, -0.2) is 33.2 Å². The molecule has 100 valence electrons. The minimum Gasteiger partial charge on any atom is -0.493 e. The lowest BCUT2D eigenvalue weighted by Gasteiger charge is -2.07. The highest BCUT2D eigenvalue weighted by Crippen LogP contribution is 2.35. The van der Waals surface area contributed by atoms with Crippen LogP contribution in [0.5, 0.6) is 17.2 Å². The van der Waals surface area contributed by atoms with Crippen LogP contribution in [0.25, 0.3) is 0 Å². The highest BCUT2D eigenvalue weighted by atomic mass is 16.7. The van der Waals surface area contributed by atoms with Crippen LogP contribution in [0, 0.1) is 0 Å². The molecule has 1 aromatic rings. The molecule has 0 fully saturated rings. The van der Waals surface area contributed by atoms with E-state index in [9.17, 15) is 0 Å². The first kappa shape index (κ1) is 13.0. The van der Waals surface area contributed by atoms with Crippen molar-refractivity contribution in [2.45, 2.75) is 12.8 Å². The molecule has 2 rings (SSSR count). The molecule has 1 aliphatic rings. The van der Waals surface area contributed by atoms with E-state index in [4.69, 9.17) is 24.7 Å². The first-order valence-electron chi connectivity index (χ1n) is 6.20. The third-order valence-corrected chi connectivity index (χ3v) is 2.54. The summed E-state index contributed by atoms with van der Waals surface area (Å²) in [6.07, 6.45) is 1.77. The molecule has 0 radical (unpaired) electrons. The van der Waals surface area contributed by atoms with Gasteiger partial charge in [-0.15, -0.1) is 0 Å². The van der Waals surface area contributed by atoms with Crippen LogP contribution >= 0.6 is 0 Å². The van der Waals surface area contributed by atoms with E-state index in [-0.39, 0.29) is 6.79 Å². The Morgan fingerprint density at radius 3 is 2.78 bits per heavy atom. The average Bonchev–Trinajstić information content (AvgIpc) is 2.85. The minimum absolute atomic E-state index is 0.285. The Kier molecular flexibility index (Phi) is 5.11. The number of benzene rings is 1. The van der Waals surface area contributed by atoms with E-state index in [1.54, 1.807) is 0 Å². The van der Waals surface area contributed by atoms with Gasteiger partial charge in [0.1, 0.15) is 5.75 Å². The Bertz CT molecular complexity index is 370. The lowest BCUT2D eigenvalue weighted by molar-refractivity contribution is 0.118. The van der Waals surface area contributed by atoms with Crippen LogP contribution in [-0.2, 0) is 4.74 Å². The molecule has 1 aliphatic heterocycles. The second-order valence-electron chi connectivity index (χ2n) is 3.97. The van der Waals surface area contributed by atoms with Gasteiger partial charge in [0, 0.05) is 25.7 Å². The Morgan fingerprint density at radius 2 is 1.89 bits per heavy atom. The molecule has 5 heteroatoms. The van der Waals surface area contributed by atoms with Crippen LogP contribution in [0.4, 0.5) is 0 Å². The average molecular weight is 253 g/mol. The van der Waals surface area contributed by atoms with Crippen LogP contribution in [0.1, 0.15) is 12.8 Å². The molecule has 18 heavy (non-hydrogen) atoms. The summed E-state index contributed by atoms with van der Waals surface area (Å²) in [5, 5.41) is 0. The highest BCUT2D eigenvalue weighted by molar-refractivity contribution is 5.46. The Balaban J connectivity index is 1.62. The van der Waals surface area contributed by atoms with E-state index in [2.05, 4.69) is 0 Å². The van der Waals surface area contributed by atoms with Crippen LogP contribution in [0.15, 0.2) is 18.2 Å². The fraction of sp³-hybridized carbons (Fsp3) is 0.538. The number of hydrogen-bond donors (Lipinski definition) is 1. The van der Waals surface area contributed by atoms with Gasteiger partial charge in [0.2, 0.25) is 6.79 Å². The van der Waals surface area contributed by atoms with Crippen molar-refractivity contribution in [1.29, 1.82) is 0 Å². The molecule has 0 spiro atoms. The molecule has 1 aromatic carbocycles. The normalized spacial score (nSPS) is 12.7. The second kappa shape index (κ2) is 7.08. The van der Waals surface area contributed by atoms with E-state index < -0.39 is 0 Å². The molecule has 0 saturated carbocycles. The summed E-state index contributed by atoms with van der Waals surface area (Å²) in [4.78, 5) is 0. The van der Waals surface area contributed by atoms with Gasteiger partial charge in [-0.1, -0.05) is 0 Å². The summed E-state index contributed by atoms with van der Waals surface area (Å²) >= 11 is 0. The fourth-order valence-electron chi connectivity index (χ4n) is 1.61. The molecule has 0 amide bonds. The Hall–Kier alpha value is -1.46. The van der Waals surface area contributed by atoms with Crippen molar-refractivity contribution in [3.63, 3.8) is 0 Å². The molecule has 1 heterocycles. The molecule has 0 saturated heterocycles. The predicted octanol–water partition coefficient (Wildman–Crippen LogP) is 1.55. The van der Waals surface area contributed by atoms with Gasteiger partial charge >= 0.3 is 0 Å². The van der Waals surface area contributed by atoms with Crippen molar-refractivity contribution < 1.29 is 18.9 Å². The second-order valence-corrected chi connectivity index (χ2v) is 3.97. The van der Waals surface area contributed by atoms with Crippen LogP contribution in [0.2, 0.25) is 0 Å². The molecular formula is C13H19NO4. The summed E-state index contributed by atoms with van der Waals surface area (Å²) < 4.78 is 21.5. The predicted molar refractivity (Wildman–Crippen MR) is 67.2 cm³/mol. The Morgan fingerprint density at radius 1 is 1.06 bits per heavy atom. The van der Waals surface area contributed by atoms with Crippen molar-refractivity contribution in [2.24, 2.45) is 5.73 Å². The topological polar surface area (TPSA) is 62.9 Å². The smallest absolute Gasteiger partial charge is 0.231 e. The number of hydrogen-bond acceptors (Lipinski definition) is 5. The lowest BCUT2D eigenvalue weighted by atomic mass is 10.3. The third kappa shape index (κ3) is 3.78. The van der Waals surface area contributed by atoms with Gasteiger partial charge in [-0.05, 0) is 25.1 Å². The maximum Gasteiger partial charge on any atom is 0.231 e. The van der Waals surface area contributed by atoms with Crippen molar-refractivity contribution in [2.75, 3.05) is 33.2 Å². The summed E-state index contributed by atoms with van der Waals surface area (Å²) in [6, 6.07) is 5.58. The molecular weight excluding hydrogens is 234 g/mol. The summed E-state index contributed by atoms with van der Waals surface area (Å²) in [5.74, 6) is 2.31. The highest BCUT2D eigenvalue weighted by Gasteiger charge is 2.13. The zero-order valence-corrected chi connectivity index (χ0v) is 10.4. The van der Waals surface area contributed by atoms with Crippen LogP contribution < -0.4 is 19.9 Å². The number of ether oxygens (including phenoxy) is 4. The van der Waals surface area contributed by atoms with Crippen molar-refractivity contribution in [3.05, 3.63) is 18.2 Å². The summed E-state index contributed by atoms with van der Waals surface area (Å²) in [7, 11) is 0. The first-order valence-corrected chi connectivity index (χ1v) is 6.20. The van der Waals surface area contributed by atoms with Crippen molar-refractivity contribution in [3.8, 4) is 17.2 Å². The van der Waals surface area contributed by atoms with Gasteiger partial charge in [-0.2, -0.15) is 0 Å². The van der Waals surface area contributed by atoms with Gasteiger partial charge in [0.25, 0.3) is 0 Å². The molecule has 2 N–H and O–H groups in total. The molecule has 5 nitrogen and oxygen atoms in total. The van der Waals surface area contributed by atoms with Crippen molar-refractivity contribution in [1.82, 2.24) is 0 Å². The monoisotopic (exact) mass is 253 g/mol. The largest absolute Gasteiger partial charge is 0.493 e. The van der Waals surface area contributed by atoms with E-state index in [1.807, 2.05) is 18.2 Å². The van der Waals surface area contributed by atoms with Gasteiger partial charge < -0.3 is 24.7 Å². The third-order valence-electron chi connectivity index (χ3n) is 2.54. The van der Waals surface area contributed by atoms with E-state index in [1.165, 1.54) is 0 Å². The van der Waals surface area contributed by atoms with Gasteiger partial charge in [-0.3, -0.25) is 0 Å². The van der Waals surface area contributed by atoms with Crippen molar-refractivity contribution >= 4 is 0 Å². The molecule has 0 unspecified atom stereocenters. The maximum absolute atomic E-state index is 5.60. The van der Waals surface area contributed by atoms with E-state index in [0.717, 1.165) is 36.7 Å². The van der Waals surface area contributed by atoms with E-state index in [0.29, 0.717) is 19.8 Å². The minimum atomic E-state index is 0.285. The molecule has 0 aromatic heterocycles. The fourth-order valence-corrected chi connectivity index (χ4v) is 1.61. The summed E-state index contributed by atoms with van der Waals surface area (Å²) in [5.41, 5.74) is 5.36. The van der Waals surface area contributed by atoms with Crippen LogP contribution in [0.3, 0.4) is 0 Å². The summed E-state index contributed by atoms with van der Waals surface area (Å²) in [6.45, 7) is 3.01. The zero-order chi connectivity index (χ0) is 12.6. The zero-order valence-electron chi connectivity index (χ0n) is 10.4. The molecule has 0 bridgehead atoms. The standard InChI is InChI=1S/C13H19NO4/c14-5-1-6-15-7-2-8-16-11-3-4-12-13(9-11)18-10-17-12/h3-4,9H,1-2,5-8,10,14H2. The number of nitrogens with two attached hydrogens (primary N) is 1. The maximum atomic E-state index is 5.60. The van der Waals surface area contributed by atoms with E-state index >= 15 is 0 Å². The molecule has 0 atom stereocenters. The first-order chi connectivity index (χ1) is 8.90. The van der Waals surface area contributed by atoms with Gasteiger partial charge in [0.15, 0.2) is 11.5 Å². The Labute approximate surface area is 107 Å². The number of rotatable bonds is 8. The lowest BCUT2D eigenvalue weighted by Crippen LogP contribution is -2.07. The molecule has 0 aliphatic carbocycles. The number of fused-ring (bicyclic) bond motifs is 1. The quantitative estimate of drug-likeness (QED) is 0.712. The van der Waals surface area contributed by atoms with Gasteiger partial charge in [-0.25, -0.2) is 0 Å². The van der Waals surface area contributed by atoms with Gasteiger partial charge in [0.05, 0.1) is 6.61 Å². The SMILES string of the molecule is NCCCOCCCOc1ccc2c(c1)OCO2.